The summed E-state index contributed by atoms with van der Waals surface area (Å²) < 4.78 is 2.28. The second-order valence-corrected chi connectivity index (χ2v) is 7.77. The number of imidazole rings is 1. The third-order valence-electron chi connectivity index (χ3n) is 4.52. The summed E-state index contributed by atoms with van der Waals surface area (Å²) in [4.78, 5) is 9.29. The average molecular weight is 394 g/mol. The van der Waals surface area contributed by atoms with E-state index in [1.807, 2.05) is 41.8 Å². The van der Waals surface area contributed by atoms with Crippen molar-refractivity contribution in [3.05, 3.63) is 64.8 Å². The zero-order chi connectivity index (χ0) is 18.2. The summed E-state index contributed by atoms with van der Waals surface area (Å²) in [5.41, 5.74) is 7.13. The van der Waals surface area contributed by atoms with Gasteiger partial charge in [-0.25, -0.2) is 9.97 Å². The summed E-state index contributed by atoms with van der Waals surface area (Å²) in [5, 5.41) is 7.83. The van der Waals surface area contributed by atoms with Gasteiger partial charge in [-0.1, -0.05) is 35.9 Å². The minimum absolute atomic E-state index is 0.537. The van der Waals surface area contributed by atoms with Crippen LogP contribution in [0.2, 0.25) is 5.02 Å². The monoisotopic (exact) mass is 393 g/mol. The van der Waals surface area contributed by atoms with Crippen molar-refractivity contribution in [2.45, 2.75) is 18.9 Å². The van der Waals surface area contributed by atoms with Crippen LogP contribution >= 0.6 is 22.9 Å². The number of para-hydroxylation sites is 2. The minimum Gasteiger partial charge on any atom is -0.320 e. The number of benzene rings is 2. The van der Waals surface area contributed by atoms with E-state index in [1.165, 1.54) is 29.7 Å². The number of hydrazone groups is 1. The van der Waals surface area contributed by atoms with E-state index >= 15 is 0 Å². The summed E-state index contributed by atoms with van der Waals surface area (Å²) >= 11 is 7.46. The van der Waals surface area contributed by atoms with Gasteiger partial charge in [0.05, 0.1) is 22.9 Å². The third-order valence-corrected chi connectivity index (χ3v) is 5.52. The quantitative estimate of drug-likeness (QED) is 0.355. The molecule has 1 aliphatic rings. The van der Waals surface area contributed by atoms with Crippen molar-refractivity contribution in [1.82, 2.24) is 14.5 Å². The van der Waals surface area contributed by atoms with Crippen molar-refractivity contribution < 1.29 is 0 Å². The lowest BCUT2D eigenvalue weighted by Gasteiger charge is -2.03. The number of hydrogen-bond donors (Lipinski definition) is 1. The fraction of sp³-hybridized carbons (Fsp3) is 0.150. The molecule has 0 radical (unpaired) electrons. The molecule has 2 heterocycles. The predicted octanol–water partition coefficient (Wildman–Crippen LogP) is 5.59. The van der Waals surface area contributed by atoms with Crippen molar-refractivity contribution in [2.75, 3.05) is 5.43 Å². The van der Waals surface area contributed by atoms with Crippen molar-refractivity contribution in [3.63, 3.8) is 0 Å². The number of nitrogens with zero attached hydrogens (tertiary/aromatic N) is 4. The zero-order valence-electron chi connectivity index (χ0n) is 14.3. The van der Waals surface area contributed by atoms with Crippen LogP contribution in [0, 0.1) is 0 Å². The van der Waals surface area contributed by atoms with Crippen molar-refractivity contribution in [3.8, 4) is 11.3 Å². The molecule has 2 aromatic heterocycles. The summed E-state index contributed by atoms with van der Waals surface area (Å²) in [6, 6.07) is 16.4. The SMILES string of the molecule is Clc1ccc(-c2csc(N/N=C/c3nc4ccccc4n3C3CC3)n2)cc1. The van der Waals surface area contributed by atoms with Crippen LogP contribution in [-0.2, 0) is 0 Å². The van der Waals surface area contributed by atoms with Gasteiger partial charge in [-0.05, 0) is 37.1 Å². The lowest BCUT2D eigenvalue weighted by molar-refractivity contribution is 0.759. The first-order valence-corrected chi connectivity index (χ1v) is 10.0. The molecule has 0 aliphatic heterocycles. The van der Waals surface area contributed by atoms with Crippen molar-refractivity contribution in [1.29, 1.82) is 0 Å². The normalized spacial score (nSPS) is 14.3. The smallest absolute Gasteiger partial charge is 0.203 e. The van der Waals surface area contributed by atoms with Gasteiger partial charge in [-0.3, -0.25) is 5.43 Å². The van der Waals surface area contributed by atoms with E-state index < -0.39 is 0 Å². The Morgan fingerprint density at radius 3 is 2.74 bits per heavy atom. The number of halogens is 1. The number of rotatable bonds is 5. The Morgan fingerprint density at radius 1 is 1.11 bits per heavy atom. The Hall–Kier alpha value is -2.70. The van der Waals surface area contributed by atoms with Crippen LogP contribution in [0.3, 0.4) is 0 Å². The lowest BCUT2D eigenvalue weighted by Crippen LogP contribution is -2.01. The van der Waals surface area contributed by atoms with Gasteiger partial charge in [0.2, 0.25) is 5.13 Å². The largest absolute Gasteiger partial charge is 0.320 e. The number of anilines is 1. The summed E-state index contributed by atoms with van der Waals surface area (Å²) in [5.74, 6) is 0.876. The molecule has 134 valence electrons. The molecule has 1 saturated carbocycles. The summed E-state index contributed by atoms with van der Waals surface area (Å²) in [6.07, 6.45) is 4.18. The molecule has 2 aromatic carbocycles. The van der Waals surface area contributed by atoms with E-state index in [-0.39, 0.29) is 0 Å². The van der Waals surface area contributed by atoms with E-state index in [0.29, 0.717) is 6.04 Å². The van der Waals surface area contributed by atoms with Gasteiger partial charge in [-0.15, -0.1) is 11.3 Å². The lowest BCUT2D eigenvalue weighted by atomic mass is 10.2. The molecule has 0 bridgehead atoms. The average Bonchev–Trinajstić information content (AvgIpc) is 3.29. The number of nitrogens with one attached hydrogen (secondary N) is 1. The first-order chi connectivity index (χ1) is 13.3. The van der Waals surface area contributed by atoms with Gasteiger partial charge in [0.1, 0.15) is 0 Å². The predicted molar refractivity (Wildman–Crippen MR) is 112 cm³/mol. The molecular formula is C20H16ClN5S. The van der Waals surface area contributed by atoms with E-state index in [9.17, 15) is 0 Å². The second kappa shape index (κ2) is 6.79. The molecule has 7 heteroatoms. The number of fused-ring (bicyclic) bond motifs is 1. The first kappa shape index (κ1) is 16.5. The molecule has 1 fully saturated rings. The highest BCUT2D eigenvalue weighted by Gasteiger charge is 2.27. The molecule has 1 aliphatic carbocycles. The second-order valence-electron chi connectivity index (χ2n) is 6.47. The fourth-order valence-electron chi connectivity index (χ4n) is 3.09. The molecule has 5 nitrogen and oxygen atoms in total. The highest BCUT2D eigenvalue weighted by Crippen LogP contribution is 2.38. The standard InChI is InChI=1S/C20H16ClN5S/c21-14-7-5-13(6-8-14)17-12-27-20(24-17)25-22-11-19-23-16-3-1-2-4-18(16)26(19)15-9-10-15/h1-8,11-12,15H,9-10H2,(H,24,25)/b22-11+. The van der Waals surface area contributed by atoms with Gasteiger partial charge in [-0.2, -0.15) is 5.10 Å². The summed E-state index contributed by atoms with van der Waals surface area (Å²) in [7, 11) is 0. The van der Waals surface area contributed by atoms with Crippen LogP contribution < -0.4 is 5.43 Å². The molecule has 0 saturated heterocycles. The van der Waals surface area contributed by atoms with Crippen molar-refractivity contribution >= 4 is 45.3 Å². The van der Waals surface area contributed by atoms with Crippen LogP contribution in [0.4, 0.5) is 5.13 Å². The zero-order valence-corrected chi connectivity index (χ0v) is 15.9. The van der Waals surface area contributed by atoms with Crippen LogP contribution in [-0.4, -0.2) is 20.7 Å². The molecule has 4 aromatic rings. The molecule has 5 rings (SSSR count). The third kappa shape index (κ3) is 3.34. The Morgan fingerprint density at radius 2 is 1.93 bits per heavy atom. The maximum Gasteiger partial charge on any atom is 0.203 e. The maximum atomic E-state index is 5.94. The maximum absolute atomic E-state index is 5.94. The molecule has 0 spiro atoms. The van der Waals surface area contributed by atoms with Crippen LogP contribution in [0.15, 0.2) is 59.0 Å². The molecule has 0 amide bonds. The molecular weight excluding hydrogens is 378 g/mol. The van der Waals surface area contributed by atoms with Gasteiger partial charge in [0, 0.05) is 22.0 Å². The van der Waals surface area contributed by atoms with Crippen LogP contribution in [0.5, 0.6) is 0 Å². The van der Waals surface area contributed by atoms with Gasteiger partial charge in [0.25, 0.3) is 0 Å². The molecule has 1 N–H and O–H groups in total. The Labute approximate surface area is 165 Å². The molecule has 0 unspecified atom stereocenters. The summed E-state index contributed by atoms with van der Waals surface area (Å²) in [6.45, 7) is 0. The van der Waals surface area contributed by atoms with E-state index in [2.05, 4.69) is 32.2 Å². The van der Waals surface area contributed by atoms with E-state index in [4.69, 9.17) is 16.6 Å². The van der Waals surface area contributed by atoms with Gasteiger partial charge < -0.3 is 4.57 Å². The Balaban J connectivity index is 1.36. The highest BCUT2D eigenvalue weighted by molar-refractivity contribution is 7.14. The number of hydrogen-bond acceptors (Lipinski definition) is 5. The van der Waals surface area contributed by atoms with Crippen LogP contribution in [0.1, 0.15) is 24.7 Å². The van der Waals surface area contributed by atoms with Gasteiger partial charge in [0.15, 0.2) is 5.82 Å². The number of aromatic nitrogens is 3. The molecule has 27 heavy (non-hydrogen) atoms. The Kier molecular flexibility index (Phi) is 4.14. The van der Waals surface area contributed by atoms with Crippen LogP contribution in [0.25, 0.3) is 22.3 Å². The highest BCUT2D eigenvalue weighted by atomic mass is 35.5. The first-order valence-electron chi connectivity index (χ1n) is 8.75. The van der Waals surface area contributed by atoms with Gasteiger partial charge >= 0.3 is 0 Å². The van der Waals surface area contributed by atoms with Crippen molar-refractivity contribution in [2.24, 2.45) is 5.10 Å². The minimum atomic E-state index is 0.537. The van der Waals surface area contributed by atoms with E-state index in [1.54, 1.807) is 6.21 Å². The number of thiazole rings is 1. The Bertz CT molecular complexity index is 1120. The fourth-order valence-corrected chi connectivity index (χ4v) is 3.89. The van der Waals surface area contributed by atoms with E-state index in [0.717, 1.165) is 32.8 Å². The molecule has 0 atom stereocenters. The topological polar surface area (TPSA) is 55.1 Å².